The van der Waals surface area contributed by atoms with E-state index in [4.69, 9.17) is 16.3 Å². The summed E-state index contributed by atoms with van der Waals surface area (Å²) in [4.78, 5) is 50.5. The molecule has 0 aliphatic rings. The SMILES string of the molecule is CN(C)c1ccc(/C=C(/NC(=O)c2ccccc2Cl)C(=O)N/N=C/c2ccc(OC(=O)c3ccc([N+](=O)[O-])cc3)cc2)cc1. The zero-order chi connectivity index (χ0) is 31.6. The number of hydrogen-bond acceptors (Lipinski definition) is 8. The van der Waals surface area contributed by atoms with Gasteiger partial charge in [0.25, 0.3) is 17.5 Å². The molecule has 0 aliphatic heterocycles. The van der Waals surface area contributed by atoms with Crippen molar-refractivity contribution in [3.63, 3.8) is 0 Å². The molecule has 0 spiro atoms. The maximum Gasteiger partial charge on any atom is 0.343 e. The van der Waals surface area contributed by atoms with Crippen molar-refractivity contribution in [3.05, 3.63) is 140 Å². The van der Waals surface area contributed by atoms with Crippen molar-refractivity contribution in [3.8, 4) is 5.75 Å². The Balaban J connectivity index is 1.43. The molecule has 0 atom stereocenters. The lowest BCUT2D eigenvalue weighted by molar-refractivity contribution is -0.384. The van der Waals surface area contributed by atoms with Crippen LogP contribution >= 0.6 is 11.6 Å². The van der Waals surface area contributed by atoms with Gasteiger partial charge in [0.1, 0.15) is 11.4 Å². The molecule has 0 saturated heterocycles. The first-order valence-corrected chi connectivity index (χ1v) is 13.4. The fourth-order valence-electron chi connectivity index (χ4n) is 3.76. The lowest BCUT2D eigenvalue weighted by Gasteiger charge is -2.13. The van der Waals surface area contributed by atoms with E-state index in [1.807, 2.05) is 43.3 Å². The van der Waals surface area contributed by atoms with Gasteiger partial charge in [-0.15, -0.1) is 0 Å². The van der Waals surface area contributed by atoms with Crippen LogP contribution in [0.15, 0.2) is 108 Å². The molecule has 0 fully saturated rings. The predicted molar refractivity (Wildman–Crippen MR) is 168 cm³/mol. The number of hydrazone groups is 1. The molecule has 0 saturated carbocycles. The number of halogens is 1. The van der Waals surface area contributed by atoms with Crippen molar-refractivity contribution < 1.29 is 24.0 Å². The summed E-state index contributed by atoms with van der Waals surface area (Å²) in [7, 11) is 3.82. The molecule has 222 valence electrons. The van der Waals surface area contributed by atoms with E-state index in [2.05, 4.69) is 15.8 Å². The fraction of sp³-hybridized carbons (Fsp3) is 0.0625. The van der Waals surface area contributed by atoms with E-state index < -0.39 is 22.7 Å². The number of nitrogens with one attached hydrogen (secondary N) is 2. The number of nitro benzene ring substituents is 1. The number of ether oxygens (including phenoxy) is 1. The number of nitrogens with zero attached hydrogens (tertiary/aromatic N) is 3. The summed E-state index contributed by atoms with van der Waals surface area (Å²) in [5, 5.41) is 17.6. The molecular formula is C32H26ClN5O6. The lowest BCUT2D eigenvalue weighted by atomic mass is 10.1. The molecule has 12 heteroatoms. The van der Waals surface area contributed by atoms with Gasteiger partial charge in [-0.1, -0.05) is 35.9 Å². The van der Waals surface area contributed by atoms with Crippen LogP contribution in [-0.4, -0.2) is 43.0 Å². The number of hydrogen-bond donors (Lipinski definition) is 2. The van der Waals surface area contributed by atoms with Crippen molar-refractivity contribution in [1.82, 2.24) is 10.7 Å². The van der Waals surface area contributed by atoms with Crippen molar-refractivity contribution in [2.45, 2.75) is 0 Å². The molecule has 44 heavy (non-hydrogen) atoms. The van der Waals surface area contributed by atoms with Crippen LogP contribution in [0.25, 0.3) is 6.08 Å². The molecule has 2 N–H and O–H groups in total. The van der Waals surface area contributed by atoms with Crippen LogP contribution in [0.3, 0.4) is 0 Å². The second kappa shape index (κ2) is 14.4. The van der Waals surface area contributed by atoms with Gasteiger partial charge < -0.3 is 15.0 Å². The Morgan fingerprint density at radius 3 is 2.14 bits per heavy atom. The van der Waals surface area contributed by atoms with Crippen LogP contribution in [0.4, 0.5) is 11.4 Å². The van der Waals surface area contributed by atoms with Crippen LogP contribution in [0.1, 0.15) is 31.8 Å². The molecule has 0 bridgehead atoms. The molecule has 0 heterocycles. The first kappa shape index (κ1) is 31.1. The molecule has 2 amide bonds. The van der Waals surface area contributed by atoms with Gasteiger partial charge in [-0.25, -0.2) is 10.2 Å². The zero-order valence-electron chi connectivity index (χ0n) is 23.6. The van der Waals surface area contributed by atoms with Gasteiger partial charge in [0.2, 0.25) is 0 Å². The summed E-state index contributed by atoms with van der Waals surface area (Å²) < 4.78 is 5.31. The van der Waals surface area contributed by atoms with Crippen molar-refractivity contribution in [2.75, 3.05) is 19.0 Å². The number of esters is 1. The Labute approximate surface area is 257 Å². The number of nitro groups is 1. The Morgan fingerprint density at radius 1 is 0.886 bits per heavy atom. The topological polar surface area (TPSA) is 143 Å². The number of benzene rings is 4. The quantitative estimate of drug-likeness (QED) is 0.0606. The average Bonchev–Trinajstić information content (AvgIpc) is 3.02. The van der Waals surface area contributed by atoms with E-state index >= 15 is 0 Å². The van der Waals surface area contributed by atoms with Crippen LogP contribution in [-0.2, 0) is 4.79 Å². The van der Waals surface area contributed by atoms with Crippen LogP contribution in [0.2, 0.25) is 5.02 Å². The standard InChI is InChI=1S/C32H26ClN5O6/c1-37(2)24-13-7-21(8-14-24)19-29(35-30(39)27-5-3-4-6-28(27)33)31(40)36-34-20-22-9-17-26(18-10-22)44-32(41)23-11-15-25(16-12-23)38(42)43/h3-20H,1-2H3,(H,35,39)(H,36,40)/b29-19+,34-20+. The molecule has 0 radical (unpaired) electrons. The Hall–Kier alpha value is -5.81. The van der Waals surface area contributed by atoms with E-state index in [0.717, 1.165) is 5.69 Å². The van der Waals surface area contributed by atoms with Gasteiger partial charge in [-0.3, -0.25) is 19.7 Å². The molecule has 4 aromatic carbocycles. The molecule has 11 nitrogen and oxygen atoms in total. The minimum Gasteiger partial charge on any atom is -0.423 e. The minimum atomic E-state index is -0.678. The van der Waals surface area contributed by atoms with Gasteiger partial charge in [-0.2, -0.15) is 5.10 Å². The molecule has 0 aliphatic carbocycles. The third kappa shape index (κ3) is 8.37. The molecule has 0 unspecified atom stereocenters. The van der Waals surface area contributed by atoms with E-state index in [9.17, 15) is 24.5 Å². The van der Waals surface area contributed by atoms with E-state index in [1.165, 1.54) is 48.7 Å². The normalized spacial score (nSPS) is 11.1. The minimum absolute atomic E-state index is 0.0572. The highest BCUT2D eigenvalue weighted by molar-refractivity contribution is 6.34. The first-order valence-electron chi connectivity index (χ1n) is 13.1. The highest BCUT2D eigenvalue weighted by atomic mass is 35.5. The summed E-state index contributed by atoms with van der Waals surface area (Å²) in [6, 6.07) is 25.2. The van der Waals surface area contributed by atoms with E-state index in [0.29, 0.717) is 11.1 Å². The van der Waals surface area contributed by atoms with Gasteiger partial charge in [-0.05, 0) is 77.9 Å². The summed E-state index contributed by atoms with van der Waals surface area (Å²) in [6.45, 7) is 0. The third-order valence-electron chi connectivity index (χ3n) is 6.12. The van der Waals surface area contributed by atoms with Gasteiger partial charge in [0.05, 0.1) is 27.3 Å². The summed E-state index contributed by atoms with van der Waals surface area (Å²) in [5.41, 5.74) is 4.78. The number of non-ortho nitro benzene ring substituents is 1. The van der Waals surface area contributed by atoms with Gasteiger partial charge in [0.15, 0.2) is 0 Å². The Kier molecular flexibility index (Phi) is 10.2. The largest absolute Gasteiger partial charge is 0.423 e. The highest BCUT2D eigenvalue weighted by Crippen LogP contribution is 2.18. The second-order valence-corrected chi connectivity index (χ2v) is 9.85. The molecule has 4 rings (SSSR count). The molecule has 4 aromatic rings. The summed E-state index contributed by atoms with van der Waals surface area (Å²) in [6.07, 6.45) is 2.90. The van der Waals surface area contributed by atoms with E-state index in [-0.39, 0.29) is 33.3 Å². The maximum absolute atomic E-state index is 13.1. The average molecular weight is 612 g/mol. The fourth-order valence-corrected chi connectivity index (χ4v) is 3.98. The monoisotopic (exact) mass is 611 g/mol. The predicted octanol–water partition coefficient (Wildman–Crippen LogP) is 5.45. The molecule has 0 aromatic heterocycles. The number of anilines is 1. The summed E-state index contributed by atoms with van der Waals surface area (Å²) in [5.74, 6) is -1.68. The number of carbonyl (C=O) groups is 3. The molecular weight excluding hydrogens is 586 g/mol. The smallest absolute Gasteiger partial charge is 0.343 e. The van der Waals surface area contributed by atoms with Crippen molar-refractivity contribution in [1.29, 1.82) is 0 Å². The van der Waals surface area contributed by atoms with Crippen LogP contribution in [0, 0.1) is 10.1 Å². The number of amides is 2. The second-order valence-electron chi connectivity index (χ2n) is 9.44. The summed E-state index contributed by atoms with van der Waals surface area (Å²) >= 11 is 6.17. The third-order valence-corrected chi connectivity index (χ3v) is 6.45. The van der Waals surface area contributed by atoms with Crippen molar-refractivity contribution >= 4 is 53.0 Å². The Morgan fingerprint density at radius 2 is 1.52 bits per heavy atom. The lowest BCUT2D eigenvalue weighted by Crippen LogP contribution is -2.33. The van der Waals surface area contributed by atoms with Gasteiger partial charge in [0, 0.05) is 31.9 Å². The Bertz CT molecular complexity index is 1730. The van der Waals surface area contributed by atoms with Crippen LogP contribution in [0.5, 0.6) is 5.75 Å². The highest BCUT2D eigenvalue weighted by Gasteiger charge is 2.17. The van der Waals surface area contributed by atoms with Crippen molar-refractivity contribution in [2.24, 2.45) is 5.10 Å². The zero-order valence-corrected chi connectivity index (χ0v) is 24.3. The first-order chi connectivity index (χ1) is 21.1. The number of carbonyl (C=O) groups excluding carboxylic acids is 3. The maximum atomic E-state index is 13.1. The van der Waals surface area contributed by atoms with Crippen LogP contribution < -0.4 is 20.4 Å². The van der Waals surface area contributed by atoms with E-state index in [1.54, 1.807) is 36.4 Å². The number of rotatable bonds is 10. The van der Waals surface area contributed by atoms with Gasteiger partial charge >= 0.3 is 5.97 Å².